The number of benzene rings is 1. The third-order valence-corrected chi connectivity index (χ3v) is 4.09. The van der Waals surface area contributed by atoms with Crippen molar-refractivity contribution in [3.63, 3.8) is 0 Å². The minimum Gasteiger partial charge on any atom is -0.379 e. The van der Waals surface area contributed by atoms with E-state index in [-0.39, 0.29) is 17.2 Å². The molecule has 0 bridgehead atoms. The lowest BCUT2D eigenvalue weighted by atomic mass is 10.2. The summed E-state index contributed by atoms with van der Waals surface area (Å²) in [4.78, 5) is 37.6. The van der Waals surface area contributed by atoms with Gasteiger partial charge in [-0.05, 0) is 30.3 Å². The molecule has 1 saturated heterocycles. The van der Waals surface area contributed by atoms with Crippen LogP contribution in [-0.2, 0) is 16.6 Å². The Bertz CT molecular complexity index is 872. The van der Waals surface area contributed by atoms with Crippen molar-refractivity contribution in [1.82, 2.24) is 14.7 Å². The van der Waals surface area contributed by atoms with Crippen molar-refractivity contribution in [1.29, 1.82) is 0 Å². The van der Waals surface area contributed by atoms with Crippen molar-refractivity contribution < 1.29 is 14.3 Å². The molecule has 2 N–H and O–H groups in total. The van der Waals surface area contributed by atoms with E-state index in [9.17, 15) is 14.4 Å². The number of nitrogens with one attached hydrogen (secondary N) is 2. The smallest absolute Gasteiger partial charge is 0.276 e. The van der Waals surface area contributed by atoms with Crippen LogP contribution < -0.4 is 16.2 Å². The highest BCUT2D eigenvalue weighted by atomic mass is 16.5. The van der Waals surface area contributed by atoms with Crippen molar-refractivity contribution in [3.05, 3.63) is 52.4 Å². The number of carbonyl (C=O) groups excluding carboxylic acids is 2. The van der Waals surface area contributed by atoms with Crippen LogP contribution in [0.1, 0.15) is 10.5 Å². The van der Waals surface area contributed by atoms with Gasteiger partial charge < -0.3 is 15.4 Å². The van der Waals surface area contributed by atoms with E-state index in [0.717, 1.165) is 17.8 Å². The largest absolute Gasteiger partial charge is 0.379 e. The lowest BCUT2D eigenvalue weighted by Crippen LogP contribution is -2.41. The minimum absolute atomic E-state index is 0.0944. The summed E-state index contributed by atoms with van der Waals surface area (Å²) in [6.45, 7) is 3.10. The van der Waals surface area contributed by atoms with Crippen LogP contribution in [0.5, 0.6) is 0 Å². The first-order valence-electron chi connectivity index (χ1n) is 8.57. The molecule has 1 aliphatic heterocycles. The molecule has 0 aliphatic carbocycles. The van der Waals surface area contributed by atoms with Crippen molar-refractivity contribution in [2.24, 2.45) is 7.05 Å². The van der Waals surface area contributed by atoms with Gasteiger partial charge in [0.05, 0.1) is 19.8 Å². The summed E-state index contributed by atoms with van der Waals surface area (Å²) in [5, 5.41) is 9.43. The monoisotopic (exact) mass is 371 g/mol. The van der Waals surface area contributed by atoms with Crippen LogP contribution in [0.3, 0.4) is 0 Å². The molecule has 0 atom stereocenters. The molecule has 0 spiro atoms. The second-order valence-electron chi connectivity index (χ2n) is 6.15. The first-order chi connectivity index (χ1) is 13.0. The lowest BCUT2D eigenvalue weighted by molar-refractivity contribution is -0.118. The van der Waals surface area contributed by atoms with E-state index in [1.807, 2.05) is 4.90 Å². The van der Waals surface area contributed by atoms with E-state index in [4.69, 9.17) is 4.74 Å². The highest BCUT2D eigenvalue weighted by Gasteiger charge is 2.14. The summed E-state index contributed by atoms with van der Waals surface area (Å²) in [5.41, 5.74) is 1.05. The van der Waals surface area contributed by atoms with Gasteiger partial charge in [-0.3, -0.25) is 19.3 Å². The number of aromatic nitrogens is 2. The molecule has 9 heteroatoms. The molecule has 1 aromatic heterocycles. The van der Waals surface area contributed by atoms with Crippen LogP contribution in [-0.4, -0.2) is 59.3 Å². The molecule has 1 aromatic carbocycles. The number of carbonyl (C=O) groups is 2. The molecular formula is C18H21N5O4. The summed E-state index contributed by atoms with van der Waals surface area (Å²) < 4.78 is 6.36. The van der Waals surface area contributed by atoms with E-state index >= 15 is 0 Å². The molecule has 1 aliphatic rings. The molecule has 0 radical (unpaired) electrons. The number of morpholine rings is 1. The standard InChI is InChI=1S/C18H21N5O4/c1-22-17(25)7-6-15(21-22)18(26)20-14-4-2-13(3-5-14)19-16(24)12-23-8-10-27-11-9-23/h2-7H,8-12H2,1H3,(H,19,24)(H,20,26). The third-order valence-electron chi connectivity index (χ3n) is 4.09. The number of hydrogen-bond donors (Lipinski definition) is 2. The van der Waals surface area contributed by atoms with Crippen LogP contribution in [0.4, 0.5) is 11.4 Å². The number of amides is 2. The van der Waals surface area contributed by atoms with Gasteiger partial charge in [-0.25, -0.2) is 4.68 Å². The quantitative estimate of drug-likeness (QED) is 0.783. The summed E-state index contributed by atoms with van der Waals surface area (Å²) in [7, 11) is 1.48. The number of aryl methyl sites for hydroxylation is 1. The van der Waals surface area contributed by atoms with Gasteiger partial charge in [0, 0.05) is 37.6 Å². The highest BCUT2D eigenvalue weighted by Crippen LogP contribution is 2.14. The SMILES string of the molecule is Cn1nc(C(=O)Nc2ccc(NC(=O)CN3CCOCC3)cc2)ccc1=O. The van der Waals surface area contributed by atoms with E-state index in [1.54, 1.807) is 24.3 Å². The van der Waals surface area contributed by atoms with E-state index < -0.39 is 5.91 Å². The Morgan fingerprint density at radius 1 is 1.04 bits per heavy atom. The predicted octanol–water partition coefficient (Wildman–Crippen LogP) is 0.303. The van der Waals surface area contributed by atoms with Crippen LogP contribution in [0.25, 0.3) is 0 Å². The first-order valence-corrected chi connectivity index (χ1v) is 8.57. The molecule has 2 aromatic rings. The van der Waals surface area contributed by atoms with Crippen molar-refractivity contribution >= 4 is 23.2 Å². The van der Waals surface area contributed by atoms with E-state index in [1.165, 1.54) is 19.2 Å². The topological polar surface area (TPSA) is 106 Å². The van der Waals surface area contributed by atoms with Crippen molar-refractivity contribution in [2.45, 2.75) is 0 Å². The average Bonchev–Trinajstić information content (AvgIpc) is 2.66. The maximum Gasteiger partial charge on any atom is 0.276 e. The maximum atomic E-state index is 12.2. The lowest BCUT2D eigenvalue weighted by Gasteiger charge is -2.25. The maximum absolute atomic E-state index is 12.2. The summed E-state index contributed by atoms with van der Waals surface area (Å²) in [5.74, 6) is -0.516. The van der Waals surface area contributed by atoms with Crippen LogP contribution >= 0.6 is 0 Å². The zero-order valence-corrected chi connectivity index (χ0v) is 15.0. The molecule has 0 unspecified atom stereocenters. The number of ether oxygens (including phenoxy) is 1. The Balaban J connectivity index is 1.54. The average molecular weight is 371 g/mol. The fourth-order valence-corrected chi connectivity index (χ4v) is 2.62. The Labute approximate surface area is 155 Å². The van der Waals surface area contributed by atoms with E-state index in [2.05, 4.69) is 15.7 Å². The van der Waals surface area contributed by atoms with Crippen LogP contribution in [0, 0.1) is 0 Å². The Kier molecular flexibility index (Phi) is 5.94. The Hall–Kier alpha value is -3.04. The normalized spacial score (nSPS) is 14.6. The van der Waals surface area contributed by atoms with Crippen molar-refractivity contribution in [3.8, 4) is 0 Å². The Morgan fingerprint density at radius 3 is 2.30 bits per heavy atom. The fraction of sp³-hybridized carbons (Fsp3) is 0.333. The number of rotatable bonds is 5. The van der Waals surface area contributed by atoms with Gasteiger partial charge in [0.15, 0.2) is 0 Å². The molecule has 2 heterocycles. The number of nitrogens with zero attached hydrogens (tertiary/aromatic N) is 3. The van der Waals surface area contributed by atoms with Gasteiger partial charge in [0.25, 0.3) is 11.5 Å². The van der Waals surface area contributed by atoms with Gasteiger partial charge in [0.1, 0.15) is 5.69 Å². The van der Waals surface area contributed by atoms with Crippen molar-refractivity contribution in [2.75, 3.05) is 43.5 Å². The van der Waals surface area contributed by atoms with Gasteiger partial charge in [-0.1, -0.05) is 0 Å². The third kappa shape index (κ3) is 5.22. The number of anilines is 2. The first kappa shape index (κ1) is 18.7. The van der Waals surface area contributed by atoms with Crippen LogP contribution in [0.15, 0.2) is 41.2 Å². The molecular weight excluding hydrogens is 350 g/mol. The second-order valence-corrected chi connectivity index (χ2v) is 6.15. The van der Waals surface area contributed by atoms with Gasteiger partial charge >= 0.3 is 0 Å². The van der Waals surface area contributed by atoms with Gasteiger partial charge in [-0.15, -0.1) is 0 Å². The molecule has 142 valence electrons. The zero-order valence-electron chi connectivity index (χ0n) is 15.0. The Morgan fingerprint density at radius 2 is 1.67 bits per heavy atom. The fourth-order valence-electron chi connectivity index (χ4n) is 2.62. The van der Waals surface area contributed by atoms with E-state index in [0.29, 0.717) is 31.1 Å². The summed E-state index contributed by atoms with van der Waals surface area (Å²) in [6.07, 6.45) is 0. The molecule has 9 nitrogen and oxygen atoms in total. The number of hydrogen-bond acceptors (Lipinski definition) is 6. The summed E-state index contributed by atoms with van der Waals surface area (Å²) in [6, 6.07) is 9.45. The van der Waals surface area contributed by atoms with Gasteiger partial charge in [-0.2, -0.15) is 5.10 Å². The molecule has 27 heavy (non-hydrogen) atoms. The van der Waals surface area contributed by atoms with Gasteiger partial charge in [0.2, 0.25) is 5.91 Å². The van der Waals surface area contributed by atoms with Crippen LogP contribution in [0.2, 0.25) is 0 Å². The zero-order chi connectivity index (χ0) is 19.2. The predicted molar refractivity (Wildman–Crippen MR) is 99.8 cm³/mol. The minimum atomic E-state index is -0.422. The molecule has 1 fully saturated rings. The second kappa shape index (κ2) is 8.56. The summed E-state index contributed by atoms with van der Waals surface area (Å²) >= 11 is 0. The molecule has 2 amide bonds. The highest BCUT2D eigenvalue weighted by molar-refractivity contribution is 6.02. The molecule has 3 rings (SSSR count). The molecule has 0 saturated carbocycles.